The molecule has 0 radical (unpaired) electrons. The first-order valence-electron chi connectivity index (χ1n) is 10.2. The second kappa shape index (κ2) is 8.07. The molecule has 3 heterocycles. The molecule has 2 aliphatic rings. The third-order valence-electron chi connectivity index (χ3n) is 6.01. The van der Waals surface area contributed by atoms with Crippen LogP contribution < -0.4 is 25.4 Å². The van der Waals surface area contributed by atoms with Gasteiger partial charge >= 0.3 is 5.91 Å². The fourth-order valence-corrected chi connectivity index (χ4v) is 4.13. The second-order valence-electron chi connectivity index (χ2n) is 7.90. The predicted molar refractivity (Wildman–Crippen MR) is 112 cm³/mol. The summed E-state index contributed by atoms with van der Waals surface area (Å²) in [5.74, 6) is -1.06. The highest BCUT2D eigenvalue weighted by Crippen LogP contribution is 2.35. The Kier molecular flexibility index (Phi) is 5.45. The van der Waals surface area contributed by atoms with Crippen LogP contribution in [0.3, 0.4) is 0 Å². The minimum atomic E-state index is -0.843. The van der Waals surface area contributed by atoms with Gasteiger partial charge in [0.05, 0.1) is 17.9 Å². The number of benzene rings is 1. The lowest BCUT2D eigenvalue weighted by atomic mass is 10.0. The highest BCUT2D eigenvalue weighted by molar-refractivity contribution is 6.09. The van der Waals surface area contributed by atoms with Gasteiger partial charge in [-0.3, -0.25) is 9.59 Å². The van der Waals surface area contributed by atoms with Gasteiger partial charge in [-0.05, 0) is 45.2 Å². The van der Waals surface area contributed by atoms with Gasteiger partial charge in [0.2, 0.25) is 5.91 Å². The molecule has 8 nitrogen and oxygen atoms in total. The van der Waals surface area contributed by atoms with Crippen LogP contribution in [-0.4, -0.2) is 42.9 Å². The van der Waals surface area contributed by atoms with Gasteiger partial charge in [-0.25, -0.2) is 13.8 Å². The number of hydrogen-bond acceptors (Lipinski definition) is 4. The number of para-hydroxylation sites is 1. The van der Waals surface area contributed by atoms with Gasteiger partial charge in [0, 0.05) is 12.0 Å². The molecule has 4 atom stereocenters. The minimum Gasteiger partial charge on any atom is -0.337 e. The van der Waals surface area contributed by atoms with E-state index < -0.39 is 29.8 Å². The molecular weight excluding hydrogens is 401 g/mol. The van der Waals surface area contributed by atoms with Crippen LogP contribution in [0.4, 0.5) is 15.9 Å². The first kappa shape index (κ1) is 20.9. The van der Waals surface area contributed by atoms with Crippen molar-refractivity contribution < 1.29 is 23.3 Å². The molecule has 3 N–H and O–H groups in total. The predicted octanol–water partition coefficient (Wildman–Crippen LogP) is 0.677. The largest absolute Gasteiger partial charge is 0.337 e. The zero-order chi connectivity index (χ0) is 22.3. The van der Waals surface area contributed by atoms with Crippen LogP contribution in [0.2, 0.25) is 0 Å². The Morgan fingerprint density at radius 3 is 2.68 bits per heavy atom. The number of halogens is 1. The topological polar surface area (TPSA) is 94.4 Å². The zero-order valence-corrected chi connectivity index (χ0v) is 17.6. The van der Waals surface area contributed by atoms with Crippen molar-refractivity contribution in [1.82, 2.24) is 10.6 Å². The maximum atomic E-state index is 14.0. The summed E-state index contributed by atoms with van der Waals surface area (Å²) in [4.78, 5) is 40.4. The quantitative estimate of drug-likeness (QED) is 0.613. The molecule has 0 saturated carbocycles. The Balaban J connectivity index is 1.67. The summed E-state index contributed by atoms with van der Waals surface area (Å²) in [6.07, 6.45) is 2.14. The van der Waals surface area contributed by atoms with Gasteiger partial charge < -0.3 is 16.0 Å². The van der Waals surface area contributed by atoms with E-state index in [1.807, 2.05) is 29.8 Å². The number of carbonyl (C=O) groups excluding carboxylic acids is 3. The summed E-state index contributed by atoms with van der Waals surface area (Å²) < 4.78 is 15.9. The summed E-state index contributed by atoms with van der Waals surface area (Å²) in [7, 11) is 1.66. The highest BCUT2D eigenvalue weighted by atomic mass is 19.1. The van der Waals surface area contributed by atoms with E-state index in [9.17, 15) is 18.8 Å². The normalized spacial score (nSPS) is 22.6. The highest BCUT2D eigenvalue weighted by Gasteiger charge is 2.55. The molecule has 4 unspecified atom stereocenters. The Bertz CT molecular complexity index is 1060. The summed E-state index contributed by atoms with van der Waals surface area (Å²) >= 11 is 0. The van der Waals surface area contributed by atoms with Crippen LogP contribution in [-0.2, 0) is 20.8 Å². The summed E-state index contributed by atoms with van der Waals surface area (Å²) in [6, 6.07) is 7.13. The van der Waals surface area contributed by atoms with E-state index in [2.05, 4.69) is 16.0 Å². The van der Waals surface area contributed by atoms with Crippen molar-refractivity contribution in [2.24, 2.45) is 0 Å². The summed E-state index contributed by atoms with van der Waals surface area (Å²) in [5, 5.41) is 8.26. The SMILES string of the molecule is CNC(C)C(=O)NC1C(=O)N2c3c(ccc[n+]3C1C)CC2C(=O)Nc1ccccc1F. The molecular formula is C22H25FN5O3+. The number of nitrogens with one attached hydrogen (secondary N) is 3. The van der Waals surface area contributed by atoms with Gasteiger partial charge in [0.15, 0.2) is 12.1 Å². The number of anilines is 2. The van der Waals surface area contributed by atoms with Crippen molar-refractivity contribution in [3.05, 3.63) is 54.0 Å². The average molecular weight is 426 g/mol. The van der Waals surface area contributed by atoms with E-state index >= 15 is 0 Å². The van der Waals surface area contributed by atoms with Crippen LogP contribution in [0.5, 0.6) is 0 Å². The Hall–Kier alpha value is -3.33. The number of nitrogens with zero attached hydrogens (tertiary/aromatic N) is 2. The van der Waals surface area contributed by atoms with Crippen molar-refractivity contribution >= 4 is 29.2 Å². The molecule has 0 spiro atoms. The van der Waals surface area contributed by atoms with Gasteiger partial charge in [0.25, 0.3) is 11.7 Å². The van der Waals surface area contributed by atoms with Crippen LogP contribution in [0.25, 0.3) is 0 Å². The molecule has 9 heteroatoms. The maximum absolute atomic E-state index is 14.0. The van der Waals surface area contributed by atoms with E-state index in [1.54, 1.807) is 20.0 Å². The lowest BCUT2D eigenvalue weighted by Crippen LogP contribution is -2.67. The molecule has 162 valence electrons. The molecule has 31 heavy (non-hydrogen) atoms. The van der Waals surface area contributed by atoms with E-state index in [-0.39, 0.29) is 23.5 Å². The van der Waals surface area contributed by atoms with E-state index in [1.165, 1.54) is 23.1 Å². The van der Waals surface area contributed by atoms with Gasteiger partial charge in [-0.15, -0.1) is 0 Å². The van der Waals surface area contributed by atoms with Crippen molar-refractivity contribution in [2.75, 3.05) is 17.3 Å². The van der Waals surface area contributed by atoms with Crippen molar-refractivity contribution in [2.45, 2.75) is 44.4 Å². The lowest BCUT2D eigenvalue weighted by Gasteiger charge is -2.32. The number of pyridine rings is 1. The van der Waals surface area contributed by atoms with Crippen molar-refractivity contribution in [1.29, 1.82) is 0 Å². The van der Waals surface area contributed by atoms with Crippen LogP contribution in [0.1, 0.15) is 25.5 Å². The third-order valence-corrected chi connectivity index (χ3v) is 6.01. The molecule has 2 aromatic rings. The standard InChI is InChI=1S/C22H24FN5O3/c1-12(24-3)19(29)26-18-13(2)27-10-6-7-14-11-17(28(21(14)27)22(18)31)20(30)25-16-9-5-4-8-15(16)23/h4-10,12-13,17-18,24H,11H2,1-3H3,(H-,25,26,29,30)/p+1. The summed E-state index contributed by atoms with van der Waals surface area (Å²) in [5.41, 5.74) is 0.909. The third kappa shape index (κ3) is 3.54. The molecule has 0 aliphatic carbocycles. The lowest BCUT2D eigenvalue weighted by molar-refractivity contribution is -0.710. The van der Waals surface area contributed by atoms with E-state index in [4.69, 9.17) is 0 Å². The van der Waals surface area contributed by atoms with Crippen molar-refractivity contribution in [3.8, 4) is 0 Å². The number of carbonyl (C=O) groups is 3. The minimum absolute atomic E-state index is 0.0573. The Labute approximate surface area is 179 Å². The fourth-order valence-electron chi connectivity index (χ4n) is 4.13. The average Bonchev–Trinajstić information content (AvgIpc) is 3.16. The molecule has 3 amide bonds. The van der Waals surface area contributed by atoms with Crippen LogP contribution in [0.15, 0.2) is 42.6 Å². The Morgan fingerprint density at radius 1 is 1.23 bits per heavy atom. The van der Waals surface area contributed by atoms with Gasteiger partial charge in [-0.2, -0.15) is 4.90 Å². The molecule has 0 fully saturated rings. The molecule has 0 saturated heterocycles. The second-order valence-corrected chi connectivity index (χ2v) is 7.90. The Morgan fingerprint density at radius 2 is 1.97 bits per heavy atom. The van der Waals surface area contributed by atoms with Crippen LogP contribution in [0, 0.1) is 5.82 Å². The number of hydrogen-bond donors (Lipinski definition) is 3. The number of aromatic nitrogens is 1. The number of likely N-dealkylation sites (N-methyl/N-ethyl adjacent to an activating group) is 1. The molecule has 1 aromatic heterocycles. The molecule has 0 bridgehead atoms. The smallest absolute Gasteiger partial charge is 0.337 e. The molecule has 2 aliphatic heterocycles. The van der Waals surface area contributed by atoms with Crippen LogP contribution >= 0.6 is 0 Å². The fraction of sp³-hybridized carbons (Fsp3) is 0.364. The summed E-state index contributed by atoms with van der Waals surface area (Å²) in [6.45, 7) is 3.56. The van der Waals surface area contributed by atoms with Gasteiger partial charge in [-0.1, -0.05) is 12.1 Å². The molecule has 4 rings (SSSR count). The van der Waals surface area contributed by atoms with Gasteiger partial charge in [0.1, 0.15) is 11.9 Å². The first-order chi connectivity index (χ1) is 14.8. The first-order valence-corrected chi connectivity index (χ1v) is 10.2. The van der Waals surface area contributed by atoms with E-state index in [0.717, 1.165) is 5.56 Å². The van der Waals surface area contributed by atoms with E-state index in [0.29, 0.717) is 12.2 Å². The van der Waals surface area contributed by atoms with Crippen molar-refractivity contribution in [3.63, 3.8) is 0 Å². The molecule has 1 aromatic carbocycles. The maximum Gasteiger partial charge on any atom is 0.337 e. The zero-order valence-electron chi connectivity index (χ0n) is 17.6. The number of rotatable bonds is 5. The monoisotopic (exact) mass is 426 g/mol. The number of amides is 3.